The summed E-state index contributed by atoms with van der Waals surface area (Å²) in [7, 11) is -5.03. The van der Waals surface area contributed by atoms with Gasteiger partial charge in [-0.25, -0.2) is 4.79 Å². The summed E-state index contributed by atoms with van der Waals surface area (Å²) in [5, 5.41) is 2.70. The zero-order chi connectivity index (χ0) is 15.0. The molecule has 0 bridgehead atoms. The van der Waals surface area contributed by atoms with Crippen molar-refractivity contribution in [3.8, 4) is 5.75 Å². The lowest BCUT2D eigenvalue weighted by atomic mass is 9.95. The Morgan fingerprint density at radius 1 is 1.19 bits per heavy atom. The molecule has 1 aromatic carbocycles. The third-order valence-electron chi connectivity index (χ3n) is 3.79. The fourth-order valence-corrected chi connectivity index (χ4v) is 2.80. The molecule has 0 aromatic heterocycles. The summed E-state index contributed by atoms with van der Waals surface area (Å²) < 4.78 is 37.0. The van der Waals surface area contributed by atoms with Gasteiger partial charge in [-0.2, -0.15) is 8.42 Å². The Bertz CT molecular complexity index is 637. The topological polar surface area (TPSA) is 75.7 Å². The minimum absolute atomic E-state index is 0.145. The molecule has 0 atom stereocenters. The summed E-state index contributed by atoms with van der Waals surface area (Å²) in [5.41, 5.74) is 0.499. The molecule has 1 saturated heterocycles. The largest absolute Gasteiger partial charge is 0.488 e. The summed E-state index contributed by atoms with van der Waals surface area (Å²) >= 11 is 0. The molecular formula is C13H15FN2O4S. The minimum Gasteiger partial charge on any atom is -0.358 e. The van der Waals surface area contributed by atoms with Crippen molar-refractivity contribution in [3.63, 3.8) is 0 Å². The Balaban J connectivity index is 1.52. The van der Waals surface area contributed by atoms with Gasteiger partial charge < -0.3 is 14.4 Å². The lowest BCUT2D eigenvalue weighted by Crippen LogP contribution is -2.52. The number of urea groups is 1. The molecule has 2 aliphatic rings. The molecule has 1 aliphatic heterocycles. The third-order valence-corrected chi connectivity index (χ3v) is 4.18. The molecule has 2 amide bonds. The van der Waals surface area contributed by atoms with Crippen LogP contribution < -0.4 is 9.50 Å². The normalized spacial score (nSPS) is 19.0. The molecule has 1 saturated carbocycles. The Kier molecular flexibility index (Phi) is 3.48. The van der Waals surface area contributed by atoms with Gasteiger partial charge in [-0.3, -0.25) is 0 Å². The van der Waals surface area contributed by atoms with Gasteiger partial charge in [-0.15, -0.1) is 0 Å². The molecule has 2 fully saturated rings. The van der Waals surface area contributed by atoms with Crippen LogP contribution in [-0.2, 0) is 10.5 Å². The summed E-state index contributed by atoms with van der Waals surface area (Å²) in [5.74, 6) is 1.29. The van der Waals surface area contributed by atoms with E-state index < -0.39 is 10.5 Å². The number of rotatable bonds is 4. The van der Waals surface area contributed by atoms with Crippen LogP contribution in [0.2, 0.25) is 0 Å². The van der Waals surface area contributed by atoms with Crippen LogP contribution in [0.15, 0.2) is 24.3 Å². The third kappa shape index (κ3) is 3.63. The van der Waals surface area contributed by atoms with Gasteiger partial charge in [-0.05, 0) is 48.9 Å². The van der Waals surface area contributed by atoms with Gasteiger partial charge in [-0.1, -0.05) is 3.89 Å². The number of carbonyl (C=O) groups is 1. The first-order valence-electron chi connectivity index (χ1n) is 6.71. The van der Waals surface area contributed by atoms with E-state index in [1.807, 2.05) is 0 Å². The SMILES string of the molecule is O=C(Nc1ccc(OS(=O)(=O)F)cc1)N1CC(C2CC2)C1. The highest BCUT2D eigenvalue weighted by molar-refractivity contribution is 7.81. The first kappa shape index (κ1) is 14.1. The minimum atomic E-state index is -5.03. The molecule has 1 heterocycles. The first-order chi connectivity index (χ1) is 9.90. The van der Waals surface area contributed by atoms with Gasteiger partial charge in [0, 0.05) is 18.8 Å². The van der Waals surface area contributed by atoms with Crippen molar-refractivity contribution in [2.75, 3.05) is 18.4 Å². The lowest BCUT2D eigenvalue weighted by Gasteiger charge is -2.39. The standard InChI is InChI=1S/C13H15FN2O4S/c14-21(18,19)20-12-5-3-11(4-6-12)15-13(17)16-7-10(8-16)9-1-2-9/h3-6,9-10H,1-2,7-8H2,(H,15,17). The van der Waals surface area contributed by atoms with Crippen molar-refractivity contribution >= 4 is 22.2 Å². The molecule has 6 nitrogen and oxygen atoms in total. The number of nitrogens with zero attached hydrogens (tertiary/aromatic N) is 1. The number of amides is 2. The van der Waals surface area contributed by atoms with Crippen LogP contribution in [0.1, 0.15) is 12.8 Å². The fraction of sp³-hybridized carbons (Fsp3) is 0.462. The van der Waals surface area contributed by atoms with E-state index in [9.17, 15) is 17.1 Å². The van der Waals surface area contributed by atoms with Crippen LogP contribution in [-0.4, -0.2) is 32.4 Å². The van der Waals surface area contributed by atoms with E-state index in [0.29, 0.717) is 11.6 Å². The average Bonchev–Trinajstić information content (AvgIpc) is 3.12. The number of halogens is 1. The zero-order valence-electron chi connectivity index (χ0n) is 11.2. The van der Waals surface area contributed by atoms with Crippen molar-refractivity contribution in [2.45, 2.75) is 12.8 Å². The molecule has 1 aliphatic carbocycles. The quantitative estimate of drug-likeness (QED) is 0.864. The van der Waals surface area contributed by atoms with Gasteiger partial charge in [0.25, 0.3) is 0 Å². The maximum atomic E-state index is 12.3. The zero-order valence-corrected chi connectivity index (χ0v) is 12.0. The van der Waals surface area contributed by atoms with Crippen LogP contribution >= 0.6 is 0 Å². The van der Waals surface area contributed by atoms with Crippen molar-refractivity contribution in [2.24, 2.45) is 11.8 Å². The first-order valence-corrected chi connectivity index (χ1v) is 8.01. The van der Waals surface area contributed by atoms with E-state index in [2.05, 4.69) is 9.50 Å². The highest BCUT2D eigenvalue weighted by Crippen LogP contribution is 2.41. The highest BCUT2D eigenvalue weighted by Gasteiger charge is 2.40. The smallest absolute Gasteiger partial charge is 0.358 e. The maximum Gasteiger partial charge on any atom is 0.488 e. The Morgan fingerprint density at radius 3 is 2.33 bits per heavy atom. The molecule has 0 spiro atoms. The lowest BCUT2D eigenvalue weighted by molar-refractivity contribution is 0.118. The number of anilines is 1. The van der Waals surface area contributed by atoms with Crippen LogP contribution in [0, 0.1) is 11.8 Å². The molecule has 114 valence electrons. The highest BCUT2D eigenvalue weighted by atomic mass is 32.3. The van der Waals surface area contributed by atoms with Gasteiger partial charge >= 0.3 is 16.5 Å². The van der Waals surface area contributed by atoms with E-state index in [-0.39, 0.29) is 11.8 Å². The molecule has 3 rings (SSSR count). The second kappa shape index (κ2) is 5.18. The molecule has 8 heteroatoms. The summed E-state index contributed by atoms with van der Waals surface area (Å²) in [6, 6.07) is 5.28. The van der Waals surface area contributed by atoms with Crippen molar-refractivity contribution < 1.29 is 21.3 Å². The number of nitrogens with one attached hydrogen (secondary N) is 1. The molecule has 1 N–H and O–H groups in total. The van der Waals surface area contributed by atoms with Crippen molar-refractivity contribution in [3.05, 3.63) is 24.3 Å². The molecule has 21 heavy (non-hydrogen) atoms. The molecule has 0 radical (unpaired) electrons. The fourth-order valence-electron chi connectivity index (χ4n) is 2.46. The monoisotopic (exact) mass is 314 g/mol. The Morgan fingerprint density at radius 2 is 1.81 bits per heavy atom. The van der Waals surface area contributed by atoms with E-state index in [1.54, 1.807) is 4.90 Å². The van der Waals surface area contributed by atoms with E-state index in [1.165, 1.54) is 37.1 Å². The molecule has 1 aromatic rings. The van der Waals surface area contributed by atoms with Crippen LogP contribution in [0.3, 0.4) is 0 Å². The number of hydrogen-bond acceptors (Lipinski definition) is 4. The van der Waals surface area contributed by atoms with Crippen molar-refractivity contribution in [1.29, 1.82) is 0 Å². The summed E-state index contributed by atoms with van der Waals surface area (Å²) in [6.07, 6.45) is 2.55. The second-order valence-electron chi connectivity index (χ2n) is 5.43. The van der Waals surface area contributed by atoms with Crippen molar-refractivity contribution in [1.82, 2.24) is 4.90 Å². The maximum absolute atomic E-state index is 12.3. The predicted octanol–water partition coefficient (Wildman–Crippen LogP) is 2.15. The van der Waals surface area contributed by atoms with Gasteiger partial charge in [0.05, 0.1) is 0 Å². The molecular weight excluding hydrogens is 299 g/mol. The van der Waals surface area contributed by atoms with Crippen LogP contribution in [0.25, 0.3) is 0 Å². The summed E-state index contributed by atoms with van der Waals surface area (Å²) in [6.45, 7) is 1.58. The Hall–Kier alpha value is -1.83. The Labute approximate surface area is 122 Å². The van der Waals surface area contributed by atoms with Crippen LogP contribution in [0.4, 0.5) is 14.4 Å². The average molecular weight is 314 g/mol. The van der Waals surface area contributed by atoms with E-state index in [4.69, 9.17) is 0 Å². The van der Waals surface area contributed by atoms with E-state index >= 15 is 0 Å². The predicted molar refractivity (Wildman–Crippen MR) is 73.9 cm³/mol. The number of carbonyl (C=O) groups excluding carboxylic acids is 1. The van der Waals surface area contributed by atoms with Gasteiger partial charge in [0.15, 0.2) is 0 Å². The number of benzene rings is 1. The van der Waals surface area contributed by atoms with Gasteiger partial charge in [0.1, 0.15) is 5.75 Å². The number of likely N-dealkylation sites (tertiary alicyclic amines) is 1. The van der Waals surface area contributed by atoms with E-state index in [0.717, 1.165) is 19.0 Å². The second-order valence-corrected chi connectivity index (χ2v) is 6.39. The van der Waals surface area contributed by atoms with Crippen LogP contribution in [0.5, 0.6) is 5.75 Å². The summed E-state index contributed by atoms with van der Waals surface area (Å²) in [4.78, 5) is 13.7. The van der Waals surface area contributed by atoms with Gasteiger partial charge in [0.2, 0.25) is 0 Å². The molecule has 0 unspecified atom stereocenters. The number of hydrogen-bond donors (Lipinski definition) is 1.